The molecule has 1 atom stereocenters. The first-order chi connectivity index (χ1) is 6.66. The van der Waals surface area contributed by atoms with Gasteiger partial charge in [0.15, 0.2) is 0 Å². The number of hydrogen-bond donors (Lipinski definition) is 2. The zero-order chi connectivity index (χ0) is 10.1. The van der Waals surface area contributed by atoms with Crippen LogP contribution in [-0.4, -0.2) is 40.3 Å². The van der Waals surface area contributed by atoms with Crippen LogP contribution in [0.3, 0.4) is 0 Å². The molecule has 0 unspecified atom stereocenters. The number of aliphatic hydroxyl groups is 1. The highest BCUT2D eigenvalue weighted by atomic mass is 79.9. The predicted octanol–water partition coefficient (Wildman–Crippen LogP) is 0.525. The van der Waals surface area contributed by atoms with E-state index in [1.807, 2.05) is 0 Å². The Labute approximate surface area is 88.7 Å². The molecular formula is C8H9BrN2O3. The van der Waals surface area contributed by atoms with Crippen molar-refractivity contribution in [2.45, 2.75) is 6.10 Å². The van der Waals surface area contributed by atoms with Crippen molar-refractivity contribution in [3.05, 3.63) is 22.4 Å². The van der Waals surface area contributed by atoms with Crippen molar-refractivity contribution in [2.75, 3.05) is 13.2 Å². The Hall–Kier alpha value is -0.850. The van der Waals surface area contributed by atoms with E-state index in [-0.39, 0.29) is 19.1 Å². The van der Waals surface area contributed by atoms with Gasteiger partial charge in [-0.2, -0.15) is 0 Å². The average Bonchev–Trinajstić information content (AvgIpc) is 2.73. The molecular weight excluding hydrogens is 252 g/mol. The summed E-state index contributed by atoms with van der Waals surface area (Å²) in [6, 6.07) is 1.66. The van der Waals surface area contributed by atoms with Crippen molar-refractivity contribution in [3.8, 4) is 0 Å². The second kappa shape index (κ2) is 3.72. The van der Waals surface area contributed by atoms with Gasteiger partial charge in [-0.15, -0.1) is 0 Å². The van der Waals surface area contributed by atoms with E-state index < -0.39 is 6.10 Å². The van der Waals surface area contributed by atoms with Crippen molar-refractivity contribution in [1.82, 2.24) is 10.0 Å². The SMILES string of the molecule is O=C(c1cc(Br)c[nH]1)N1C[C@@H](O)CO1. The Balaban J connectivity index is 2.09. The minimum atomic E-state index is -0.586. The van der Waals surface area contributed by atoms with Crippen molar-refractivity contribution in [1.29, 1.82) is 0 Å². The molecule has 1 amide bonds. The second-order valence-corrected chi connectivity index (χ2v) is 3.96. The van der Waals surface area contributed by atoms with Crippen LogP contribution in [0.2, 0.25) is 0 Å². The zero-order valence-corrected chi connectivity index (χ0v) is 8.82. The van der Waals surface area contributed by atoms with Crippen molar-refractivity contribution < 1.29 is 14.7 Å². The molecule has 1 aliphatic rings. The lowest BCUT2D eigenvalue weighted by atomic mass is 10.3. The molecule has 0 aliphatic carbocycles. The lowest BCUT2D eigenvalue weighted by molar-refractivity contribution is -0.0782. The van der Waals surface area contributed by atoms with E-state index >= 15 is 0 Å². The number of hydrogen-bond acceptors (Lipinski definition) is 3. The molecule has 2 heterocycles. The summed E-state index contributed by atoms with van der Waals surface area (Å²) in [5, 5.41) is 10.3. The number of halogens is 1. The quantitative estimate of drug-likeness (QED) is 0.774. The summed E-state index contributed by atoms with van der Waals surface area (Å²) in [4.78, 5) is 19.4. The van der Waals surface area contributed by atoms with Crippen LogP contribution in [0.1, 0.15) is 10.5 Å². The van der Waals surface area contributed by atoms with Gasteiger partial charge in [0.05, 0.1) is 6.54 Å². The molecule has 1 aromatic heterocycles. The molecule has 14 heavy (non-hydrogen) atoms. The average molecular weight is 261 g/mol. The number of amides is 1. The Morgan fingerprint density at radius 2 is 2.57 bits per heavy atom. The predicted molar refractivity (Wildman–Crippen MR) is 51.5 cm³/mol. The smallest absolute Gasteiger partial charge is 0.293 e. The first-order valence-corrected chi connectivity index (χ1v) is 4.93. The topological polar surface area (TPSA) is 65.6 Å². The molecule has 76 valence electrons. The van der Waals surface area contributed by atoms with Gasteiger partial charge in [0.2, 0.25) is 0 Å². The molecule has 0 spiro atoms. The van der Waals surface area contributed by atoms with Gasteiger partial charge in [0.1, 0.15) is 18.4 Å². The molecule has 2 N–H and O–H groups in total. The minimum absolute atomic E-state index is 0.174. The summed E-state index contributed by atoms with van der Waals surface area (Å²) in [5.41, 5.74) is 0.436. The van der Waals surface area contributed by atoms with E-state index in [4.69, 9.17) is 9.94 Å². The van der Waals surface area contributed by atoms with Gasteiger partial charge >= 0.3 is 0 Å². The first kappa shape index (κ1) is 9.70. The molecule has 0 bridgehead atoms. The Bertz CT molecular complexity index is 352. The van der Waals surface area contributed by atoms with E-state index in [0.717, 1.165) is 9.54 Å². The molecule has 1 aliphatic heterocycles. The lowest BCUT2D eigenvalue weighted by Crippen LogP contribution is -2.28. The maximum Gasteiger partial charge on any atom is 0.293 e. The monoisotopic (exact) mass is 260 g/mol. The van der Waals surface area contributed by atoms with Crippen molar-refractivity contribution >= 4 is 21.8 Å². The molecule has 1 saturated heterocycles. The third kappa shape index (κ3) is 1.82. The third-order valence-electron chi connectivity index (χ3n) is 1.90. The third-order valence-corrected chi connectivity index (χ3v) is 2.36. The van der Waals surface area contributed by atoms with Crippen LogP contribution in [0.25, 0.3) is 0 Å². The molecule has 1 fully saturated rings. The molecule has 2 rings (SSSR count). The first-order valence-electron chi connectivity index (χ1n) is 4.13. The van der Waals surface area contributed by atoms with Gasteiger partial charge in [-0.05, 0) is 22.0 Å². The fourth-order valence-electron chi connectivity index (χ4n) is 1.24. The fourth-order valence-corrected chi connectivity index (χ4v) is 1.58. The maximum atomic E-state index is 11.6. The van der Waals surface area contributed by atoms with E-state index in [9.17, 15) is 4.79 Å². The van der Waals surface area contributed by atoms with Crippen LogP contribution in [0.5, 0.6) is 0 Å². The highest BCUT2D eigenvalue weighted by Gasteiger charge is 2.27. The van der Waals surface area contributed by atoms with Gasteiger partial charge in [-0.25, -0.2) is 5.06 Å². The van der Waals surface area contributed by atoms with E-state index in [0.29, 0.717) is 5.69 Å². The standard InChI is InChI=1S/C8H9BrN2O3/c9-5-1-7(10-2-5)8(13)11-3-6(12)4-14-11/h1-2,6,10,12H,3-4H2/t6-/m1/s1. The summed E-state index contributed by atoms with van der Waals surface area (Å²) >= 11 is 3.23. The number of H-pyrrole nitrogens is 1. The van der Waals surface area contributed by atoms with Crippen LogP contribution in [0.4, 0.5) is 0 Å². The normalized spacial score (nSPS) is 21.6. The van der Waals surface area contributed by atoms with E-state index in [1.54, 1.807) is 12.3 Å². The Kier molecular flexibility index (Phi) is 2.58. The molecule has 6 heteroatoms. The molecule has 0 aromatic carbocycles. The number of β-amino-alcohol motifs (C(OH)–C–C–N with tert-alkyl or cyclic N) is 1. The number of aliphatic hydroxyl groups excluding tert-OH is 1. The van der Waals surface area contributed by atoms with Crippen LogP contribution in [0.15, 0.2) is 16.7 Å². The van der Waals surface area contributed by atoms with Crippen molar-refractivity contribution in [3.63, 3.8) is 0 Å². The van der Waals surface area contributed by atoms with Gasteiger partial charge in [-0.3, -0.25) is 9.63 Å². The Morgan fingerprint density at radius 3 is 3.07 bits per heavy atom. The van der Waals surface area contributed by atoms with E-state index in [1.165, 1.54) is 0 Å². The van der Waals surface area contributed by atoms with Crippen LogP contribution in [-0.2, 0) is 4.84 Å². The minimum Gasteiger partial charge on any atom is -0.389 e. The lowest BCUT2D eigenvalue weighted by Gasteiger charge is -2.11. The maximum absolute atomic E-state index is 11.6. The number of nitrogens with zero attached hydrogens (tertiary/aromatic N) is 1. The number of nitrogens with one attached hydrogen (secondary N) is 1. The number of aromatic nitrogens is 1. The number of rotatable bonds is 1. The van der Waals surface area contributed by atoms with Crippen LogP contribution >= 0.6 is 15.9 Å². The summed E-state index contributed by atoms with van der Waals surface area (Å²) in [5.74, 6) is -0.271. The fraction of sp³-hybridized carbons (Fsp3) is 0.375. The zero-order valence-electron chi connectivity index (χ0n) is 7.24. The molecule has 1 aromatic rings. The van der Waals surface area contributed by atoms with Crippen molar-refractivity contribution in [2.24, 2.45) is 0 Å². The van der Waals surface area contributed by atoms with Gasteiger partial charge in [0.25, 0.3) is 5.91 Å². The largest absolute Gasteiger partial charge is 0.389 e. The molecule has 5 nitrogen and oxygen atoms in total. The van der Waals surface area contributed by atoms with Gasteiger partial charge in [-0.1, -0.05) is 0 Å². The molecule has 0 radical (unpaired) electrons. The number of carbonyl (C=O) groups is 1. The number of carbonyl (C=O) groups excluding carboxylic acids is 1. The van der Waals surface area contributed by atoms with Gasteiger partial charge in [0, 0.05) is 10.7 Å². The van der Waals surface area contributed by atoms with Gasteiger partial charge < -0.3 is 10.1 Å². The summed E-state index contributed by atoms with van der Waals surface area (Å²) < 4.78 is 0.806. The number of hydroxylamine groups is 2. The number of aromatic amines is 1. The summed E-state index contributed by atoms with van der Waals surface area (Å²) in [6.07, 6.45) is 1.08. The second-order valence-electron chi connectivity index (χ2n) is 3.05. The summed E-state index contributed by atoms with van der Waals surface area (Å²) in [7, 11) is 0. The summed E-state index contributed by atoms with van der Waals surface area (Å²) in [6.45, 7) is 0.392. The highest BCUT2D eigenvalue weighted by Crippen LogP contribution is 2.15. The molecule has 0 saturated carbocycles. The van der Waals surface area contributed by atoms with Crippen LogP contribution < -0.4 is 0 Å². The van der Waals surface area contributed by atoms with Crippen LogP contribution in [0, 0.1) is 0 Å². The highest BCUT2D eigenvalue weighted by molar-refractivity contribution is 9.10. The van der Waals surface area contributed by atoms with E-state index in [2.05, 4.69) is 20.9 Å². The Morgan fingerprint density at radius 1 is 1.79 bits per heavy atom.